The number of para-hydroxylation sites is 1. The molecule has 0 aliphatic carbocycles. The molecule has 8 nitrogen and oxygen atoms in total. The second-order valence-corrected chi connectivity index (χ2v) is 6.17. The molecule has 1 fully saturated rings. The van der Waals surface area contributed by atoms with Gasteiger partial charge in [0, 0.05) is 6.54 Å². The van der Waals surface area contributed by atoms with Crippen LogP contribution in [0.2, 0.25) is 0 Å². The van der Waals surface area contributed by atoms with E-state index in [2.05, 4.69) is 14.9 Å². The standard InChI is InChI=1S/C17H21N3O5/c1-13-15(19-25-18-13)9-16(21)20-7-8-23-11-17(22,10-20)12-24-14-5-3-2-4-6-14/h2-6,22H,7-12H2,1H3/t17-/m1/s1. The van der Waals surface area contributed by atoms with Crippen molar-refractivity contribution < 1.29 is 24.0 Å². The Kier molecular flexibility index (Phi) is 5.30. The first-order valence-electron chi connectivity index (χ1n) is 8.09. The lowest BCUT2D eigenvalue weighted by Crippen LogP contribution is -2.50. The van der Waals surface area contributed by atoms with E-state index in [0.717, 1.165) is 0 Å². The Balaban J connectivity index is 1.63. The van der Waals surface area contributed by atoms with Crippen molar-refractivity contribution >= 4 is 5.91 Å². The first-order valence-corrected chi connectivity index (χ1v) is 8.09. The minimum Gasteiger partial charge on any atom is -0.490 e. The zero-order valence-electron chi connectivity index (χ0n) is 14.1. The molecule has 25 heavy (non-hydrogen) atoms. The summed E-state index contributed by atoms with van der Waals surface area (Å²) in [6.45, 7) is 2.75. The number of amides is 1. The molecule has 0 spiro atoms. The van der Waals surface area contributed by atoms with Crippen molar-refractivity contribution in [1.82, 2.24) is 15.2 Å². The smallest absolute Gasteiger partial charge is 0.228 e. The summed E-state index contributed by atoms with van der Waals surface area (Å²) in [5.41, 5.74) is -0.194. The van der Waals surface area contributed by atoms with Crippen LogP contribution in [0.25, 0.3) is 0 Å². The summed E-state index contributed by atoms with van der Waals surface area (Å²) in [6, 6.07) is 9.21. The van der Waals surface area contributed by atoms with Crippen LogP contribution in [0, 0.1) is 6.92 Å². The number of rotatable bonds is 5. The number of hydrogen-bond donors (Lipinski definition) is 1. The van der Waals surface area contributed by atoms with Crippen LogP contribution >= 0.6 is 0 Å². The summed E-state index contributed by atoms with van der Waals surface area (Å²) < 4.78 is 15.7. The van der Waals surface area contributed by atoms with Gasteiger partial charge in [0.05, 0.1) is 26.2 Å². The fourth-order valence-electron chi connectivity index (χ4n) is 2.62. The Morgan fingerprint density at radius 3 is 2.88 bits per heavy atom. The van der Waals surface area contributed by atoms with Gasteiger partial charge in [0.25, 0.3) is 0 Å². The number of aryl methyl sites for hydroxylation is 1. The minimum absolute atomic E-state index is 0.0331. The Hall–Kier alpha value is -2.45. The van der Waals surface area contributed by atoms with Crippen LogP contribution in [-0.2, 0) is 16.0 Å². The summed E-state index contributed by atoms with van der Waals surface area (Å²) in [5, 5.41) is 18.2. The molecule has 1 amide bonds. The summed E-state index contributed by atoms with van der Waals surface area (Å²) in [7, 11) is 0. The molecule has 1 atom stereocenters. The maximum atomic E-state index is 12.5. The number of hydrogen-bond acceptors (Lipinski definition) is 7. The van der Waals surface area contributed by atoms with Crippen LogP contribution in [0.3, 0.4) is 0 Å². The zero-order chi connectivity index (χ0) is 17.7. The van der Waals surface area contributed by atoms with Gasteiger partial charge in [-0.05, 0) is 19.1 Å². The molecule has 1 aromatic heterocycles. The van der Waals surface area contributed by atoms with Gasteiger partial charge in [-0.15, -0.1) is 0 Å². The third kappa shape index (κ3) is 4.55. The molecule has 134 valence electrons. The van der Waals surface area contributed by atoms with Crippen molar-refractivity contribution in [3.8, 4) is 5.75 Å². The molecule has 3 rings (SSSR count). The van der Waals surface area contributed by atoms with E-state index in [0.29, 0.717) is 30.3 Å². The molecule has 0 unspecified atom stereocenters. The number of β-amino-alcohol motifs (C(OH)–C–C–N with tert-alkyl or cyclic N) is 1. The maximum Gasteiger partial charge on any atom is 0.228 e. The Morgan fingerprint density at radius 2 is 2.16 bits per heavy atom. The second kappa shape index (κ2) is 7.62. The highest BCUT2D eigenvalue weighted by molar-refractivity contribution is 5.78. The number of ether oxygens (including phenoxy) is 2. The van der Waals surface area contributed by atoms with Crippen LogP contribution in [-0.4, -0.2) is 64.7 Å². The number of aromatic nitrogens is 2. The second-order valence-electron chi connectivity index (χ2n) is 6.17. The van der Waals surface area contributed by atoms with Crippen LogP contribution in [0.15, 0.2) is 35.0 Å². The Morgan fingerprint density at radius 1 is 1.36 bits per heavy atom. The van der Waals surface area contributed by atoms with E-state index in [9.17, 15) is 9.90 Å². The Labute approximate surface area is 145 Å². The predicted octanol–water partition coefficient (Wildman–Crippen LogP) is 0.589. The lowest BCUT2D eigenvalue weighted by atomic mass is 10.1. The van der Waals surface area contributed by atoms with Crippen molar-refractivity contribution in [2.24, 2.45) is 0 Å². The molecule has 1 aliphatic rings. The molecular formula is C17H21N3O5. The average molecular weight is 347 g/mol. The SMILES string of the molecule is Cc1nonc1CC(=O)N1CCOC[C@@](O)(COc2ccccc2)C1. The lowest BCUT2D eigenvalue weighted by molar-refractivity contribution is -0.134. The lowest BCUT2D eigenvalue weighted by Gasteiger charge is -2.30. The molecule has 2 aromatic rings. The summed E-state index contributed by atoms with van der Waals surface area (Å²) in [6.07, 6.45) is 0.0744. The molecule has 1 saturated heterocycles. The van der Waals surface area contributed by atoms with Crippen molar-refractivity contribution in [2.45, 2.75) is 18.9 Å². The average Bonchev–Trinajstić information content (AvgIpc) is 2.90. The molecule has 2 heterocycles. The molecule has 0 radical (unpaired) electrons. The van der Waals surface area contributed by atoms with E-state index in [1.54, 1.807) is 11.8 Å². The van der Waals surface area contributed by atoms with E-state index in [-0.39, 0.29) is 32.1 Å². The zero-order valence-corrected chi connectivity index (χ0v) is 14.1. The van der Waals surface area contributed by atoms with Gasteiger partial charge in [0.15, 0.2) is 0 Å². The van der Waals surface area contributed by atoms with E-state index in [4.69, 9.17) is 9.47 Å². The molecule has 1 aromatic carbocycles. The largest absolute Gasteiger partial charge is 0.490 e. The number of carbonyl (C=O) groups excluding carboxylic acids is 1. The molecule has 0 saturated carbocycles. The number of carbonyl (C=O) groups is 1. The minimum atomic E-state index is -1.28. The summed E-state index contributed by atoms with van der Waals surface area (Å²) in [4.78, 5) is 14.1. The predicted molar refractivity (Wildman–Crippen MR) is 87.0 cm³/mol. The van der Waals surface area contributed by atoms with Gasteiger partial charge in [-0.3, -0.25) is 4.79 Å². The van der Waals surface area contributed by atoms with E-state index in [1.807, 2.05) is 30.3 Å². The van der Waals surface area contributed by atoms with Crippen LogP contribution < -0.4 is 4.74 Å². The quantitative estimate of drug-likeness (QED) is 0.845. The van der Waals surface area contributed by atoms with Gasteiger partial charge in [0.1, 0.15) is 29.3 Å². The first-order chi connectivity index (χ1) is 12.1. The normalized spacial score (nSPS) is 21.0. The number of benzene rings is 1. The molecule has 1 aliphatic heterocycles. The summed E-state index contributed by atoms with van der Waals surface area (Å²) in [5.74, 6) is 0.491. The molecular weight excluding hydrogens is 326 g/mol. The van der Waals surface area contributed by atoms with Crippen molar-refractivity contribution in [3.63, 3.8) is 0 Å². The van der Waals surface area contributed by atoms with Gasteiger partial charge in [0.2, 0.25) is 5.91 Å². The molecule has 1 N–H and O–H groups in total. The fourth-order valence-corrected chi connectivity index (χ4v) is 2.62. The van der Waals surface area contributed by atoms with Crippen LogP contribution in [0.1, 0.15) is 11.4 Å². The van der Waals surface area contributed by atoms with E-state index >= 15 is 0 Å². The summed E-state index contributed by atoms with van der Waals surface area (Å²) >= 11 is 0. The van der Waals surface area contributed by atoms with Gasteiger partial charge in [-0.25, -0.2) is 4.63 Å². The third-order valence-electron chi connectivity index (χ3n) is 4.03. The molecule has 0 bridgehead atoms. The number of nitrogens with zero attached hydrogens (tertiary/aromatic N) is 3. The third-order valence-corrected chi connectivity index (χ3v) is 4.03. The van der Waals surface area contributed by atoms with E-state index in [1.165, 1.54) is 0 Å². The monoisotopic (exact) mass is 347 g/mol. The molecule has 8 heteroatoms. The van der Waals surface area contributed by atoms with Gasteiger partial charge >= 0.3 is 0 Å². The van der Waals surface area contributed by atoms with Crippen LogP contribution in [0.4, 0.5) is 0 Å². The van der Waals surface area contributed by atoms with Crippen molar-refractivity contribution in [1.29, 1.82) is 0 Å². The first kappa shape index (κ1) is 17.4. The van der Waals surface area contributed by atoms with Crippen LogP contribution in [0.5, 0.6) is 5.75 Å². The van der Waals surface area contributed by atoms with Gasteiger partial charge in [-0.2, -0.15) is 0 Å². The topological polar surface area (TPSA) is 97.9 Å². The maximum absolute atomic E-state index is 12.5. The highest BCUT2D eigenvalue weighted by atomic mass is 16.6. The van der Waals surface area contributed by atoms with Gasteiger partial charge < -0.3 is 19.5 Å². The van der Waals surface area contributed by atoms with Crippen molar-refractivity contribution in [2.75, 3.05) is 32.9 Å². The highest BCUT2D eigenvalue weighted by Crippen LogP contribution is 2.17. The van der Waals surface area contributed by atoms with E-state index < -0.39 is 5.60 Å². The fraction of sp³-hybridized carbons (Fsp3) is 0.471. The Bertz CT molecular complexity index is 705. The van der Waals surface area contributed by atoms with Crippen molar-refractivity contribution in [3.05, 3.63) is 41.7 Å². The van der Waals surface area contributed by atoms with Gasteiger partial charge in [-0.1, -0.05) is 28.5 Å². The number of aliphatic hydroxyl groups is 1. The highest BCUT2D eigenvalue weighted by Gasteiger charge is 2.35.